The second-order valence-corrected chi connectivity index (χ2v) is 9.23. The number of benzene rings is 1. The molecule has 0 heterocycles. The molecule has 0 aliphatic heterocycles. The van der Waals surface area contributed by atoms with E-state index in [0.717, 1.165) is 23.3 Å². The van der Waals surface area contributed by atoms with Crippen LogP contribution in [0.5, 0.6) is 0 Å². The summed E-state index contributed by atoms with van der Waals surface area (Å²) in [4.78, 5) is 12.9. The summed E-state index contributed by atoms with van der Waals surface area (Å²) in [5.74, 6) is 0.276. The molecular formula is C21H29ClN2O. The molecule has 0 saturated heterocycles. The van der Waals surface area contributed by atoms with Crippen LogP contribution in [0.4, 0.5) is 5.69 Å². The van der Waals surface area contributed by atoms with Gasteiger partial charge in [-0.15, -0.1) is 0 Å². The Hall–Kier alpha value is -1.74. The van der Waals surface area contributed by atoms with Crippen molar-refractivity contribution in [2.24, 2.45) is 16.7 Å². The first-order valence-electron chi connectivity index (χ1n) is 8.71. The molecule has 0 bridgehead atoms. The van der Waals surface area contributed by atoms with E-state index in [2.05, 4.69) is 52.4 Å². The zero-order valence-electron chi connectivity index (χ0n) is 16.0. The van der Waals surface area contributed by atoms with E-state index >= 15 is 0 Å². The number of rotatable bonds is 3. The molecule has 0 spiro atoms. The van der Waals surface area contributed by atoms with Crippen LogP contribution in [0.3, 0.4) is 0 Å². The normalized spacial score (nSPS) is 20.4. The van der Waals surface area contributed by atoms with E-state index in [4.69, 9.17) is 11.6 Å². The molecule has 0 fully saturated rings. The van der Waals surface area contributed by atoms with Crippen molar-refractivity contribution in [2.45, 2.75) is 48.0 Å². The summed E-state index contributed by atoms with van der Waals surface area (Å²) < 4.78 is 0. The Balaban J connectivity index is 2.21. The van der Waals surface area contributed by atoms with Crippen molar-refractivity contribution in [3.05, 3.63) is 52.7 Å². The average molecular weight is 361 g/mol. The fourth-order valence-electron chi connectivity index (χ4n) is 2.96. The second-order valence-electron chi connectivity index (χ2n) is 8.79. The Kier molecular flexibility index (Phi) is 5.68. The van der Waals surface area contributed by atoms with Crippen molar-refractivity contribution in [3.8, 4) is 0 Å². The Morgan fingerprint density at radius 1 is 1.08 bits per heavy atom. The van der Waals surface area contributed by atoms with E-state index in [1.807, 2.05) is 36.5 Å². The van der Waals surface area contributed by atoms with Gasteiger partial charge >= 0.3 is 0 Å². The highest BCUT2D eigenvalue weighted by atomic mass is 35.5. The molecule has 0 aromatic heterocycles. The molecule has 1 aliphatic rings. The van der Waals surface area contributed by atoms with Crippen LogP contribution in [-0.2, 0) is 4.79 Å². The Morgan fingerprint density at radius 3 is 2.20 bits per heavy atom. The lowest BCUT2D eigenvalue weighted by atomic mass is 9.66. The highest BCUT2D eigenvalue weighted by molar-refractivity contribution is 6.30. The third kappa shape index (κ3) is 5.12. The summed E-state index contributed by atoms with van der Waals surface area (Å²) in [7, 11) is 0. The average Bonchev–Trinajstić information content (AvgIpc) is 2.48. The molecular weight excluding hydrogens is 332 g/mol. The number of halogens is 1. The third-order valence-electron chi connectivity index (χ3n) is 4.52. The summed E-state index contributed by atoms with van der Waals surface area (Å²) in [6.07, 6.45) is 4.74. The molecule has 4 heteroatoms. The first kappa shape index (κ1) is 19.6. The minimum atomic E-state index is -0.163. The number of hydrogen-bond acceptors (Lipinski definition) is 3. The summed E-state index contributed by atoms with van der Waals surface area (Å²) >= 11 is 5.90. The molecule has 2 rings (SSSR count). The molecule has 25 heavy (non-hydrogen) atoms. The van der Waals surface area contributed by atoms with E-state index in [1.165, 1.54) is 0 Å². The lowest BCUT2D eigenvalue weighted by Gasteiger charge is -2.37. The predicted octanol–water partition coefficient (Wildman–Crippen LogP) is 5.75. The number of Topliss-reactive ketones (excluding diaryl/α,β-unsaturated/α-hetero) is 1. The number of hydrogen-bond donors (Lipinski definition) is 2. The molecule has 1 aromatic carbocycles. The first-order chi connectivity index (χ1) is 11.5. The molecule has 3 nitrogen and oxygen atoms in total. The zero-order valence-corrected chi connectivity index (χ0v) is 16.8. The van der Waals surface area contributed by atoms with Gasteiger partial charge in [0, 0.05) is 22.7 Å². The van der Waals surface area contributed by atoms with Gasteiger partial charge in [0.2, 0.25) is 0 Å². The van der Waals surface area contributed by atoms with Crippen molar-refractivity contribution in [3.63, 3.8) is 0 Å². The van der Waals surface area contributed by atoms with Gasteiger partial charge in [0.15, 0.2) is 5.78 Å². The van der Waals surface area contributed by atoms with Crippen molar-refractivity contribution < 1.29 is 4.79 Å². The highest BCUT2D eigenvalue weighted by Crippen LogP contribution is 2.42. The van der Waals surface area contributed by atoms with Gasteiger partial charge in [-0.25, -0.2) is 0 Å². The number of anilines is 1. The molecule has 0 saturated carbocycles. The first-order valence-corrected chi connectivity index (χ1v) is 9.09. The number of hydrazine groups is 1. The number of carbonyl (C=O) groups excluding carboxylic acids is 1. The second kappa shape index (κ2) is 7.25. The topological polar surface area (TPSA) is 41.1 Å². The fourth-order valence-corrected chi connectivity index (χ4v) is 3.09. The fraction of sp³-hybridized carbons (Fsp3) is 0.476. The summed E-state index contributed by atoms with van der Waals surface area (Å²) in [6, 6.07) is 7.50. The molecule has 136 valence electrons. The maximum atomic E-state index is 12.9. The molecule has 0 amide bonds. The molecule has 1 unspecified atom stereocenters. The maximum absolute atomic E-state index is 12.9. The Labute approximate surface area is 156 Å². The van der Waals surface area contributed by atoms with Crippen LogP contribution >= 0.6 is 11.6 Å². The summed E-state index contributed by atoms with van der Waals surface area (Å²) in [6.45, 7) is 12.7. The third-order valence-corrected chi connectivity index (χ3v) is 4.78. The van der Waals surface area contributed by atoms with Gasteiger partial charge in [-0.05, 0) is 47.1 Å². The zero-order chi connectivity index (χ0) is 18.8. The lowest BCUT2D eigenvalue weighted by molar-refractivity contribution is -0.123. The minimum absolute atomic E-state index is 0.00435. The lowest BCUT2D eigenvalue weighted by Crippen LogP contribution is -2.36. The van der Waals surface area contributed by atoms with Crippen LogP contribution in [-0.4, -0.2) is 5.78 Å². The molecule has 1 atom stereocenters. The van der Waals surface area contributed by atoms with E-state index in [0.29, 0.717) is 5.02 Å². The van der Waals surface area contributed by atoms with Crippen LogP contribution in [0.15, 0.2) is 47.7 Å². The number of allylic oxidation sites excluding steroid dienone is 3. The predicted molar refractivity (Wildman–Crippen MR) is 106 cm³/mol. The van der Waals surface area contributed by atoms with Gasteiger partial charge in [-0.2, -0.15) is 0 Å². The Bertz CT molecular complexity index is 688. The van der Waals surface area contributed by atoms with Gasteiger partial charge in [0.1, 0.15) is 0 Å². The van der Waals surface area contributed by atoms with E-state index in [9.17, 15) is 4.79 Å². The number of carbonyl (C=O) groups is 1. The minimum Gasteiger partial charge on any atom is -0.308 e. The van der Waals surface area contributed by atoms with Crippen molar-refractivity contribution in [2.75, 3.05) is 5.43 Å². The van der Waals surface area contributed by atoms with Gasteiger partial charge in [-0.3, -0.25) is 4.79 Å². The van der Waals surface area contributed by atoms with Gasteiger partial charge < -0.3 is 10.9 Å². The smallest absolute Gasteiger partial charge is 0.163 e. The van der Waals surface area contributed by atoms with Crippen LogP contribution in [0.1, 0.15) is 48.0 Å². The molecule has 1 aliphatic carbocycles. The van der Waals surface area contributed by atoms with Gasteiger partial charge in [-0.1, -0.05) is 59.2 Å². The van der Waals surface area contributed by atoms with Crippen molar-refractivity contribution in [1.29, 1.82) is 0 Å². The monoisotopic (exact) mass is 360 g/mol. The van der Waals surface area contributed by atoms with Crippen LogP contribution in [0.2, 0.25) is 5.02 Å². The highest BCUT2D eigenvalue weighted by Gasteiger charge is 2.39. The number of ketones is 1. The van der Waals surface area contributed by atoms with Crippen molar-refractivity contribution >= 4 is 23.1 Å². The van der Waals surface area contributed by atoms with E-state index < -0.39 is 0 Å². The standard InChI is InChI=1S/C21H29ClN2O/c1-20(2,3)17-11-14(12-18(19(17)25)21(4,5)6)13-23-24-16-9-7-15(22)8-10-16/h7-11,13,18,23-24H,12H2,1-6H3. The van der Waals surface area contributed by atoms with Crippen LogP contribution in [0, 0.1) is 16.7 Å². The van der Waals surface area contributed by atoms with Gasteiger partial charge in [0.05, 0.1) is 5.69 Å². The molecule has 2 N–H and O–H groups in total. The Morgan fingerprint density at radius 2 is 1.68 bits per heavy atom. The largest absolute Gasteiger partial charge is 0.308 e. The van der Waals surface area contributed by atoms with E-state index in [1.54, 1.807) is 0 Å². The molecule has 0 radical (unpaired) electrons. The van der Waals surface area contributed by atoms with E-state index in [-0.39, 0.29) is 22.5 Å². The number of nitrogens with one attached hydrogen (secondary N) is 2. The van der Waals surface area contributed by atoms with Crippen molar-refractivity contribution in [1.82, 2.24) is 5.43 Å². The maximum Gasteiger partial charge on any atom is 0.163 e. The molecule has 1 aromatic rings. The quantitative estimate of drug-likeness (QED) is 0.674. The van der Waals surface area contributed by atoms with Crippen LogP contribution < -0.4 is 10.9 Å². The SMILES string of the molecule is CC(C)(C)C1=CC(=CNNc2ccc(Cl)cc2)CC(C(C)(C)C)C1=O. The van der Waals surface area contributed by atoms with Gasteiger partial charge in [0.25, 0.3) is 0 Å². The van der Waals surface area contributed by atoms with Crippen LogP contribution in [0.25, 0.3) is 0 Å². The summed E-state index contributed by atoms with van der Waals surface area (Å²) in [5.41, 5.74) is 9.01. The summed E-state index contributed by atoms with van der Waals surface area (Å²) in [5, 5.41) is 0.709.